The van der Waals surface area contributed by atoms with Gasteiger partial charge in [0.1, 0.15) is 5.75 Å². The van der Waals surface area contributed by atoms with Gasteiger partial charge in [-0.3, -0.25) is 4.79 Å². The Kier molecular flexibility index (Phi) is 4.52. The van der Waals surface area contributed by atoms with Crippen molar-refractivity contribution in [1.82, 2.24) is 4.31 Å². The number of nitrogens with one attached hydrogen (secondary N) is 1. The Hall–Kier alpha value is -2.90. The van der Waals surface area contributed by atoms with E-state index in [1.807, 2.05) is 18.2 Å². The summed E-state index contributed by atoms with van der Waals surface area (Å²) in [5.74, 6) is -0.550. The Bertz CT molecular complexity index is 1270. The third kappa shape index (κ3) is 3.05. The zero-order valence-electron chi connectivity index (χ0n) is 16.4. The molecule has 3 aromatic carbocycles. The number of sulfonamides is 1. The van der Waals surface area contributed by atoms with Crippen LogP contribution in [-0.2, 0) is 22.9 Å². The summed E-state index contributed by atoms with van der Waals surface area (Å²) in [5.41, 5.74) is 3.06. The standard InChI is InChI=1S/C23H22N2O4S/c26-21-11-9-17(30(28,29)25-12-1-2-13-25)14-20(21)24-23(27)19-10-8-16-7-6-15-4-3-5-18(19)22(15)16/h3-5,8-11,14,26H,1-2,6-7,12-13H2,(H,24,27). The molecule has 1 aliphatic carbocycles. The number of nitrogens with zero attached hydrogens (tertiary/aromatic N) is 1. The fourth-order valence-corrected chi connectivity index (χ4v) is 6.03. The number of aromatic hydroxyl groups is 1. The molecule has 0 unspecified atom stereocenters. The maximum Gasteiger partial charge on any atom is 0.256 e. The van der Waals surface area contributed by atoms with Crippen molar-refractivity contribution in [2.75, 3.05) is 18.4 Å². The second kappa shape index (κ2) is 7.11. The van der Waals surface area contributed by atoms with E-state index < -0.39 is 10.0 Å². The SMILES string of the molecule is O=C(Nc1cc(S(=O)(=O)N2CCCC2)ccc1O)c1ccc2c3c(cccc13)CC2. The minimum atomic E-state index is -3.65. The molecule has 1 aliphatic heterocycles. The van der Waals surface area contributed by atoms with Crippen molar-refractivity contribution >= 4 is 32.4 Å². The van der Waals surface area contributed by atoms with Gasteiger partial charge in [0, 0.05) is 18.7 Å². The molecule has 0 spiro atoms. The molecule has 2 N–H and O–H groups in total. The van der Waals surface area contributed by atoms with E-state index in [-0.39, 0.29) is 22.2 Å². The van der Waals surface area contributed by atoms with Crippen LogP contribution in [0.15, 0.2) is 53.4 Å². The van der Waals surface area contributed by atoms with Crippen molar-refractivity contribution in [1.29, 1.82) is 0 Å². The van der Waals surface area contributed by atoms with E-state index >= 15 is 0 Å². The normalized spacial score (nSPS) is 16.3. The number of aryl methyl sites for hydroxylation is 2. The highest BCUT2D eigenvalue weighted by Gasteiger charge is 2.28. The number of anilines is 1. The van der Waals surface area contributed by atoms with E-state index in [9.17, 15) is 18.3 Å². The predicted octanol–water partition coefficient (Wildman–Crippen LogP) is 3.68. The van der Waals surface area contributed by atoms with Gasteiger partial charge in [-0.2, -0.15) is 4.31 Å². The molecule has 0 bridgehead atoms. The zero-order valence-corrected chi connectivity index (χ0v) is 17.2. The van der Waals surface area contributed by atoms with Crippen LogP contribution < -0.4 is 5.32 Å². The zero-order chi connectivity index (χ0) is 20.9. The van der Waals surface area contributed by atoms with E-state index in [2.05, 4.69) is 11.4 Å². The van der Waals surface area contributed by atoms with Crippen LogP contribution in [0.3, 0.4) is 0 Å². The third-order valence-corrected chi connectivity index (χ3v) is 7.94. The summed E-state index contributed by atoms with van der Waals surface area (Å²) in [6, 6.07) is 13.7. The van der Waals surface area contributed by atoms with Gasteiger partial charge >= 0.3 is 0 Å². The highest BCUT2D eigenvalue weighted by atomic mass is 32.2. The first-order chi connectivity index (χ1) is 14.4. The lowest BCUT2D eigenvalue weighted by molar-refractivity contribution is 0.102. The molecule has 0 saturated carbocycles. The number of amides is 1. The number of hydrogen-bond acceptors (Lipinski definition) is 4. The molecule has 1 amide bonds. The molecule has 30 heavy (non-hydrogen) atoms. The maximum absolute atomic E-state index is 13.1. The molecular weight excluding hydrogens is 400 g/mol. The van der Waals surface area contributed by atoms with Crippen LogP contribution in [0.1, 0.15) is 34.3 Å². The molecule has 5 rings (SSSR count). The van der Waals surface area contributed by atoms with Crippen LogP contribution in [0.2, 0.25) is 0 Å². The average molecular weight is 423 g/mol. The number of benzene rings is 3. The van der Waals surface area contributed by atoms with Gasteiger partial charge in [-0.1, -0.05) is 24.3 Å². The number of hydrogen-bond donors (Lipinski definition) is 2. The second-order valence-corrected chi connectivity index (χ2v) is 9.79. The summed E-state index contributed by atoms with van der Waals surface area (Å²) in [6.07, 6.45) is 3.61. The summed E-state index contributed by atoms with van der Waals surface area (Å²) in [7, 11) is -3.65. The molecule has 0 atom stereocenters. The quantitative estimate of drug-likeness (QED) is 0.628. The number of phenolic OH excluding ortho intramolecular Hbond substituents is 1. The summed E-state index contributed by atoms with van der Waals surface area (Å²) in [4.78, 5) is 13.1. The smallest absolute Gasteiger partial charge is 0.256 e. The topological polar surface area (TPSA) is 86.7 Å². The van der Waals surface area contributed by atoms with Gasteiger partial charge in [-0.05, 0) is 71.8 Å². The average Bonchev–Trinajstić information content (AvgIpc) is 3.42. The Morgan fingerprint density at radius 2 is 1.70 bits per heavy atom. The van der Waals surface area contributed by atoms with Gasteiger partial charge in [0.25, 0.3) is 5.91 Å². The number of carbonyl (C=O) groups is 1. The van der Waals surface area contributed by atoms with Crippen molar-refractivity contribution in [3.63, 3.8) is 0 Å². The molecule has 1 saturated heterocycles. The Morgan fingerprint density at radius 3 is 2.47 bits per heavy atom. The molecule has 1 heterocycles. The fourth-order valence-electron chi connectivity index (χ4n) is 4.49. The minimum absolute atomic E-state index is 0.0675. The number of phenols is 1. The molecule has 1 fully saturated rings. The molecule has 3 aromatic rings. The highest BCUT2D eigenvalue weighted by Crippen LogP contribution is 2.34. The van der Waals surface area contributed by atoms with Gasteiger partial charge < -0.3 is 10.4 Å². The minimum Gasteiger partial charge on any atom is -0.506 e. The van der Waals surface area contributed by atoms with E-state index in [1.54, 1.807) is 6.07 Å². The van der Waals surface area contributed by atoms with E-state index in [0.717, 1.165) is 36.5 Å². The van der Waals surface area contributed by atoms with Crippen molar-refractivity contribution in [2.45, 2.75) is 30.6 Å². The predicted molar refractivity (Wildman–Crippen MR) is 115 cm³/mol. The van der Waals surface area contributed by atoms with E-state index in [1.165, 1.54) is 33.6 Å². The van der Waals surface area contributed by atoms with E-state index in [0.29, 0.717) is 18.7 Å². The van der Waals surface area contributed by atoms with Crippen LogP contribution in [0.25, 0.3) is 10.8 Å². The first kappa shape index (κ1) is 19.1. The molecule has 7 heteroatoms. The fraction of sp³-hybridized carbons (Fsp3) is 0.261. The Balaban J connectivity index is 1.50. The van der Waals surface area contributed by atoms with Crippen molar-refractivity contribution in [2.24, 2.45) is 0 Å². The summed E-state index contributed by atoms with van der Waals surface area (Å²) in [5, 5.41) is 15.0. The van der Waals surface area contributed by atoms with Crippen molar-refractivity contribution < 1.29 is 18.3 Å². The van der Waals surface area contributed by atoms with E-state index in [4.69, 9.17) is 0 Å². The van der Waals surface area contributed by atoms with Crippen LogP contribution in [0.4, 0.5) is 5.69 Å². The summed E-state index contributed by atoms with van der Waals surface area (Å²) >= 11 is 0. The van der Waals surface area contributed by atoms with Gasteiger partial charge in [-0.15, -0.1) is 0 Å². The molecule has 0 aromatic heterocycles. The molecule has 0 radical (unpaired) electrons. The van der Waals surface area contributed by atoms with Crippen LogP contribution in [0, 0.1) is 0 Å². The summed E-state index contributed by atoms with van der Waals surface area (Å²) in [6.45, 7) is 0.983. The van der Waals surface area contributed by atoms with Crippen LogP contribution in [0.5, 0.6) is 5.75 Å². The number of carbonyl (C=O) groups excluding carboxylic acids is 1. The van der Waals surface area contributed by atoms with Crippen LogP contribution >= 0.6 is 0 Å². The summed E-state index contributed by atoms with van der Waals surface area (Å²) < 4.78 is 27.1. The molecule has 2 aliphatic rings. The molecule has 6 nitrogen and oxygen atoms in total. The lowest BCUT2D eigenvalue weighted by atomic mass is 9.99. The van der Waals surface area contributed by atoms with Gasteiger partial charge in [-0.25, -0.2) is 8.42 Å². The number of rotatable bonds is 4. The Morgan fingerprint density at radius 1 is 0.967 bits per heavy atom. The highest BCUT2D eigenvalue weighted by molar-refractivity contribution is 7.89. The lowest BCUT2D eigenvalue weighted by Gasteiger charge is -2.17. The van der Waals surface area contributed by atoms with Crippen molar-refractivity contribution in [3.05, 3.63) is 65.2 Å². The van der Waals surface area contributed by atoms with Crippen LogP contribution in [-0.4, -0.2) is 36.8 Å². The third-order valence-electron chi connectivity index (χ3n) is 6.04. The van der Waals surface area contributed by atoms with Gasteiger partial charge in [0.2, 0.25) is 10.0 Å². The Labute approximate surface area is 175 Å². The van der Waals surface area contributed by atoms with Gasteiger partial charge in [0.05, 0.1) is 10.6 Å². The molecule has 154 valence electrons. The first-order valence-corrected chi connectivity index (χ1v) is 11.6. The largest absolute Gasteiger partial charge is 0.506 e. The van der Waals surface area contributed by atoms with Crippen molar-refractivity contribution in [3.8, 4) is 5.75 Å². The lowest BCUT2D eigenvalue weighted by Crippen LogP contribution is -2.28. The van der Waals surface area contributed by atoms with Gasteiger partial charge in [0.15, 0.2) is 0 Å². The maximum atomic E-state index is 13.1. The monoisotopic (exact) mass is 422 g/mol. The molecular formula is C23H22N2O4S. The second-order valence-electron chi connectivity index (χ2n) is 7.86. The first-order valence-electron chi connectivity index (χ1n) is 10.1.